The number of benzene rings is 1. The molecule has 0 heterocycles. The summed E-state index contributed by atoms with van der Waals surface area (Å²) in [4.78, 5) is 2.33. The molecule has 0 atom stereocenters. The highest BCUT2D eigenvalue weighted by Gasteiger charge is 2.30. The molecule has 0 unspecified atom stereocenters. The normalized spacial score (nSPS) is 16.7. The number of halogens is 4. The average Bonchev–Trinajstić information content (AvgIpc) is 2.93. The van der Waals surface area contributed by atoms with Crippen molar-refractivity contribution in [2.75, 3.05) is 25.5 Å². The van der Waals surface area contributed by atoms with Crippen molar-refractivity contribution in [3.8, 4) is 0 Å². The van der Waals surface area contributed by atoms with Gasteiger partial charge >= 0.3 is 6.18 Å². The third kappa shape index (κ3) is 4.61. The van der Waals surface area contributed by atoms with Crippen LogP contribution in [0.2, 0.25) is 0 Å². The molecule has 0 spiro atoms. The molecule has 2 nitrogen and oxygen atoms in total. The van der Waals surface area contributed by atoms with Gasteiger partial charge in [-0.15, -0.1) is 0 Å². The highest BCUT2D eigenvalue weighted by Crippen LogP contribution is 2.33. The fraction of sp³-hybridized carbons (Fsp3) is 0.600. The summed E-state index contributed by atoms with van der Waals surface area (Å²) in [5.74, 6) is 0. The van der Waals surface area contributed by atoms with Gasteiger partial charge in [0.25, 0.3) is 0 Å². The van der Waals surface area contributed by atoms with Crippen molar-refractivity contribution in [3.05, 3.63) is 28.2 Å². The predicted molar refractivity (Wildman–Crippen MR) is 82.5 cm³/mol. The van der Waals surface area contributed by atoms with Crippen LogP contribution < -0.4 is 5.32 Å². The Morgan fingerprint density at radius 2 is 1.95 bits per heavy atom. The smallest absolute Gasteiger partial charge is 0.383 e. The number of hydrogen-bond acceptors (Lipinski definition) is 2. The predicted octanol–water partition coefficient (Wildman–Crippen LogP) is 4.75. The number of anilines is 1. The quantitative estimate of drug-likeness (QED) is 0.810. The third-order valence-corrected chi connectivity index (χ3v) is 4.68. The van der Waals surface area contributed by atoms with Gasteiger partial charge in [0.05, 0.1) is 5.56 Å². The Morgan fingerprint density at radius 3 is 2.52 bits per heavy atom. The third-order valence-electron chi connectivity index (χ3n) is 4.02. The van der Waals surface area contributed by atoms with E-state index in [2.05, 4.69) is 33.2 Å². The zero-order valence-electron chi connectivity index (χ0n) is 12.0. The molecule has 0 aromatic heterocycles. The summed E-state index contributed by atoms with van der Waals surface area (Å²) in [5, 5.41) is 3.19. The minimum atomic E-state index is -4.30. The van der Waals surface area contributed by atoms with Crippen LogP contribution in [0.4, 0.5) is 18.9 Å². The van der Waals surface area contributed by atoms with Crippen molar-refractivity contribution in [2.45, 2.75) is 37.9 Å². The van der Waals surface area contributed by atoms with Crippen molar-refractivity contribution in [3.63, 3.8) is 0 Å². The van der Waals surface area contributed by atoms with E-state index in [-0.39, 0.29) is 0 Å². The fourth-order valence-corrected chi connectivity index (χ4v) is 3.25. The first kappa shape index (κ1) is 16.6. The Labute approximate surface area is 131 Å². The van der Waals surface area contributed by atoms with Gasteiger partial charge in [-0.25, -0.2) is 0 Å². The number of hydrogen-bond donors (Lipinski definition) is 1. The summed E-state index contributed by atoms with van der Waals surface area (Å²) in [6, 6.07) is 4.35. The van der Waals surface area contributed by atoms with Crippen molar-refractivity contribution in [1.29, 1.82) is 0 Å². The SMILES string of the molecule is CN(CCNc1ccc(C(F)(F)F)cc1Br)C1CCCC1. The van der Waals surface area contributed by atoms with E-state index in [1.54, 1.807) is 0 Å². The maximum Gasteiger partial charge on any atom is 0.416 e. The van der Waals surface area contributed by atoms with Gasteiger partial charge in [-0.2, -0.15) is 13.2 Å². The lowest BCUT2D eigenvalue weighted by Crippen LogP contribution is -2.33. The molecule has 0 radical (unpaired) electrons. The maximum atomic E-state index is 12.6. The second-order valence-electron chi connectivity index (χ2n) is 5.54. The van der Waals surface area contributed by atoms with Gasteiger partial charge < -0.3 is 10.2 Å². The molecular formula is C15H20BrF3N2. The van der Waals surface area contributed by atoms with Gasteiger partial charge in [-0.3, -0.25) is 0 Å². The molecule has 0 saturated heterocycles. The van der Waals surface area contributed by atoms with Crippen LogP contribution in [-0.4, -0.2) is 31.1 Å². The number of alkyl halides is 3. The second kappa shape index (κ2) is 7.01. The van der Waals surface area contributed by atoms with Gasteiger partial charge in [0, 0.05) is 29.3 Å². The summed E-state index contributed by atoms with van der Waals surface area (Å²) in [7, 11) is 2.11. The zero-order chi connectivity index (χ0) is 15.5. The van der Waals surface area contributed by atoms with E-state index in [0.29, 0.717) is 16.2 Å². The minimum absolute atomic E-state index is 0.445. The first-order valence-corrected chi connectivity index (χ1v) is 7.98. The molecule has 0 aliphatic heterocycles. The molecule has 1 fully saturated rings. The highest BCUT2D eigenvalue weighted by atomic mass is 79.9. The highest BCUT2D eigenvalue weighted by molar-refractivity contribution is 9.10. The Morgan fingerprint density at radius 1 is 1.29 bits per heavy atom. The molecule has 1 aliphatic rings. The molecule has 6 heteroatoms. The van der Waals surface area contributed by atoms with Crippen LogP contribution in [0.15, 0.2) is 22.7 Å². The number of rotatable bonds is 5. The van der Waals surface area contributed by atoms with Crippen LogP contribution in [0.5, 0.6) is 0 Å². The van der Waals surface area contributed by atoms with Crippen LogP contribution >= 0.6 is 15.9 Å². The van der Waals surface area contributed by atoms with E-state index in [1.807, 2.05) is 0 Å². The van der Waals surface area contributed by atoms with Gasteiger partial charge in [-0.05, 0) is 54.0 Å². The Balaban J connectivity index is 1.85. The Kier molecular flexibility index (Phi) is 5.54. The second-order valence-corrected chi connectivity index (χ2v) is 6.39. The van der Waals surface area contributed by atoms with Gasteiger partial charge in [-0.1, -0.05) is 12.8 Å². The number of nitrogens with zero attached hydrogens (tertiary/aromatic N) is 1. The molecule has 1 aliphatic carbocycles. The molecule has 1 saturated carbocycles. The summed E-state index contributed by atoms with van der Waals surface area (Å²) >= 11 is 3.20. The summed E-state index contributed by atoms with van der Waals surface area (Å²) in [6.07, 6.45) is 0.796. The minimum Gasteiger partial charge on any atom is -0.383 e. The molecular weight excluding hydrogens is 345 g/mol. The van der Waals surface area contributed by atoms with Crippen LogP contribution in [0, 0.1) is 0 Å². The van der Waals surface area contributed by atoms with Crippen LogP contribution in [-0.2, 0) is 6.18 Å². The van der Waals surface area contributed by atoms with Gasteiger partial charge in [0.2, 0.25) is 0 Å². The molecule has 21 heavy (non-hydrogen) atoms. The zero-order valence-corrected chi connectivity index (χ0v) is 13.6. The van der Waals surface area contributed by atoms with Crippen molar-refractivity contribution >= 4 is 21.6 Å². The summed E-state index contributed by atoms with van der Waals surface area (Å²) in [5.41, 5.74) is 0.0609. The monoisotopic (exact) mass is 364 g/mol. The van der Waals surface area contributed by atoms with Crippen molar-refractivity contribution in [2.24, 2.45) is 0 Å². The Bertz CT molecular complexity index is 470. The van der Waals surface area contributed by atoms with E-state index < -0.39 is 11.7 Å². The van der Waals surface area contributed by atoms with Crippen molar-refractivity contribution < 1.29 is 13.2 Å². The van der Waals surface area contributed by atoms with Crippen LogP contribution in [0.1, 0.15) is 31.2 Å². The molecule has 1 aromatic carbocycles. The largest absolute Gasteiger partial charge is 0.416 e. The molecule has 2 rings (SSSR count). The van der Waals surface area contributed by atoms with E-state index in [9.17, 15) is 13.2 Å². The lowest BCUT2D eigenvalue weighted by molar-refractivity contribution is -0.137. The molecule has 0 bridgehead atoms. The van der Waals surface area contributed by atoms with Gasteiger partial charge in [0.1, 0.15) is 0 Å². The maximum absolute atomic E-state index is 12.6. The van der Waals surface area contributed by atoms with E-state index in [4.69, 9.17) is 0 Å². The van der Waals surface area contributed by atoms with Crippen LogP contribution in [0.25, 0.3) is 0 Å². The van der Waals surface area contributed by atoms with Crippen LogP contribution in [0.3, 0.4) is 0 Å². The van der Waals surface area contributed by atoms with Crippen molar-refractivity contribution in [1.82, 2.24) is 4.90 Å². The molecule has 1 N–H and O–H groups in total. The standard InChI is InChI=1S/C15H20BrF3N2/c1-21(12-4-2-3-5-12)9-8-20-14-7-6-11(10-13(14)16)15(17,18)19/h6-7,10,12,20H,2-5,8-9H2,1H3. The number of nitrogens with one attached hydrogen (secondary N) is 1. The van der Waals surface area contributed by atoms with E-state index in [1.165, 1.54) is 31.7 Å². The Hall–Kier alpha value is -0.750. The molecule has 118 valence electrons. The van der Waals surface area contributed by atoms with E-state index in [0.717, 1.165) is 25.2 Å². The summed E-state index contributed by atoms with van der Waals surface area (Å²) in [6.45, 7) is 1.61. The topological polar surface area (TPSA) is 15.3 Å². The first-order valence-electron chi connectivity index (χ1n) is 7.19. The lowest BCUT2D eigenvalue weighted by Gasteiger charge is -2.24. The number of likely N-dealkylation sites (N-methyl/N-ethyl adjacent to an activating group) is 1. The fourth-order valence-electron chi connectivity index (χ4n) is 2.73. The summed E-state index contributed by atoms with van der Waals surface area (Å²) < 4.78 is 38.2. The first-order chi connectivity index (χ1) is 9.88. The van der Waals surface area contributed by atoms with E-state index >= 15 is 0 Å². The lowest BCUT2D eigenvalue weighted by atomic mass is 10.2. The molecule has 0 amide bonds. The van der Waals surface area contributed by atoms with Gasteiger partial charge in [0.15, 0.2) is 0 Å². The molecule has 1 aromatic rings. The average molecular weight is 365 g/mol.